The molecule has 25 heavy (non-hydrogen) atoms. The lowest BCUT2D eigenvalue weighted by Gasteiger charge is -2.47. The first kappa shape index (κ1) is 15.2. The number of rotatable bonds is 1. The molecule has 3 unspecified atom stereocenters. The fourth-order valence-corrected chi connectivity index (χ4v) is 4.68. The molecule has 0 radical (unpaired) electrons. The summed E-state index contributed by atoms with van der Waals surface area (Å²) in [4.78, 5) is 9.66. The second-order valence-electron chi connectivity index (χ2n) is 6.94. The van der Waals surface area contributed by atoms with Crippen molar-refractivity contribution in [1.29, 1.82) is 0 Å². The lowest BCUT2D eigenvalue weighted by Crippen LogP contribution is -2.56. The van der Waals surface area contributed by atoms with Crippen LogP contribution in [0, 0.1) is 5.82 Å². The van der Waals surface area contributed by atoms with E-state index in [2.05, 4.69) is 34.1 Å². The van der Waals surface area contributed by atoms with E-state index in [1.807, 2.05) is 12.1 Å². The Bertz CT molecular complexity index is 835. The standard InChI is InChI=1S/C20H19ClFN3/c21-18-10-12-25-19(23-18)16-3-1-2-4-17(16)24-11-9-15(20(24)25)13-5-7-14(22)8-6-13/h1-8,15,18,20H,9-12H2. The van der Waals surface area contributed by atoms with Crippen LogP contribution in [0.2, 0.25) is 0 Å². The summed E-state index contributed by atoms with van der Waals surface area (Å²) in [5, 5.41) is 0. The molecule has 0 amide bonds. The Morgan fingerprint density at radius 2 is 1.72 bits per heavy atom. The molecule has 0 N–H and O–H groups in total. The molecule has 3 nitrogen and oxygen atoms in total. The maximum Gasteiger partial charge on any atom is 0.136 e. The van der Waals surface area contributed by atoms with Gasteiger partial charge < -0.3 is 9.80 Å². The highest BCUT2D eigenvalue weighted by molar-refractivity contribution is 6.22. The molecule has 0 saturated carbocycles. The van der Waals surface area contributed by atoms with E-state index in [-0.39, 0.29) is 17.5 Å². The molecule has 2 aromatic carbocycles. The van der Waals surface area contributed by atoms with Crippen molar-refractivity contribution < 1.29 is 4.39 Å². The van der Waals surface area contributed by atoms with Gasteiger partial charge in [-0.25, -0.2) is 9.38 Å². The van der Waals surface area contributed by atoms with Gasteiger partial charge in [0, 0.05) is 36.7 Å². The van der Waals surface area contributed by atoms with Crippen LogP contribution in [0.4, 0.5) is 10.1 Å². The third kappa shape index (κ3) is 2.35. The normalized spacial score (nSPS) is 27.4. The number of nitrogens with zero attached hydrogens (tertiary/aromatic N) is 3. The fraction of sp³-hybridized carbons (Fsp3) is 0.350. The molecule has 1 saturated heterocycles. The van der Waals surface area contributed by atoms with Crippen LogP contribution in [-0.2, 0) is 0 Å². The van der Waals surface area contributed by atoms with Gasteiger partial charge >= 0.3 is 0 Å². The minimum absolute atomic E-state index is 0.156. The number of benzene rings is 2. The van der Waals surface area contributed by atoms with Crippen molar-refractivity contribution in [3.8, 4) is 0 Å². The Morgan fingerprint density at radius 1 is 0.960 bits per heavy atom. The first-order valence-electron chi connectivity index (χ1n) is 8.82. The van der Waals surface area contributed by atoms with Crippen LogP contribution in [0.3, 0.4) is 0 Å². The minimum Gasteiger partial charge on any atom is -0.350 e. The van der Waals surface area contributed by atoms with Gasteiger partial charge in [-0.15, -0.1) is 0 Å². The van der Waals surface area contributed by atoms with Crippen molar-refractivity contribution in [2.24, 2.45) is 4.99 Å². The topological polar surface area (TPSA) is 18.8 Å². The molecule has 3 aliphatic rings. The Morgan fingerprint density at radius 3 is 2.56 bits per heavy atom. The van der Waals surface area contributed by atoms with Crippen molar-refractivity contribution in [2.45, 2.75) is 30.4 Å². The van der Waals surface area contributed by atoms with E-state index in [9.17, 15) is 4.39 Å². The summed E-state index contributed by atoms with van der Waals surface area (Å²) >= 11 is 6.35. The lowest BCUT2D eigenvalue weighted by molar-refractivity contribution is 0.271. The van der Waals surface area contributed by atoms with Gasteiger partial charge in [0.1, 0.15) is 23.3 Å². The van der Waals surface area contributed by atoms with Gasteiger partial charge in [-0.1, -0.05) is 35.9 Å². The zero-order valence-electron chi connectivity index (χ0n) is 13.8. The second-order valence-corrected chi connectivity index (χ2v) is 7.44. The second kappa shape index (κ2) is 5.73. The van der Waals surface area contributed by atoms with Crippen LogP contribution in [0.5, 0.6) is 0 Å². The number of anilines is 1. The number of alkyl halides is 1. The van der Waals surface area contributed by atoms with Crippen molar-refractivity contribution in [1.82, 2.24) is 4.90 Å². The number of hydrogen-bond acceptors (Lipinski definition) is 3. The molecule has 3 atom stereocenters. The van der Waals surface area contributed by atoms with Crippen LogP contribution in [0.1, 0.15) is 29.9 Å². The van der Waals surface area contributed by atoms with E-state index in [1.54, 1.807) is 12.1 Å². The van der Waals surface area contributed by atoms with E-state index < -0.39 is 0 Å². The first-order valence-corrected chi connectivity index (χ1v) is 9.26. The Balaban J connectivity index is 1.63. The van der Waals surface area contributed by atoms with Gasteiger partial charge in [0.05, 0.1) is 0 Å². The molecule has 0 bridgehead atoms. The molecule has 0 aromatic heterocycles. The molecular weight excluding hydrogens is 337 g/mol. The Hall–Kier alpha value is -2.07. The molecule has 128 valence electrons. The highest BCUT2D eigenvalue weighted by Gasteiger charge is 2.46. The van der Waals surface area contributed by atoms with Crippen molar-refractivity contribution >= 4 is 23.1 Å². The summed E-state index contributed by atoms with van der Waals surface area (Å²) in [6, 6.07) is 15.4. The van der Waals surface area contributed by atoms with Gasteiger partial charge in [0.15, 0.2) is 0 Å². The maximum atomic E-state index is 13.4. The predicted octanol–water partition coefficient (Wildman–Crippen LogP) is 4.18. The SMILES string of the molecule is Fc1ccc(C2CCN3c4ccccc4C4=NC(Cl)CCN4C23)cc1. The van der Waals surface area contributed by atoms with Gasteiger partial charge in [-0.2, -0.15) is 0 Å². The average molecular weight is 356 g/mol. The van der Waals surface area contributed by atoms with Crippen LogP contribution in [0.25, 0.3) is 0 Å². The smallest absolute Gasteiger partial charge is 0.136 e. The zero-order valence-corrected chi connectivity index (χ0v) is 14.5. The first-order chi connectivity index (χ1) is 12.2. The minimum atomic E-state index is -0.183. The maximum absolute atomic E-state index is 13.4. The van der Waals surface area contributed by atoms with Crippen LogP contribution in [0.15, 0.2) is 53.5 Å². The monoisotopic (exact) mass is 355 g/mol. The number of fused-ring (bicyclic) bond motifs is 6. The molecular formula is C20H19ClFN3. The predicted molar refractivity (Wildman–Crippen MR) is 98.8 cm³/mol. The van der Waals surface area contributed by atoms with Gasteiger partial charge in [0.2, 0.25) is 0 Å². The number of halogens is 2. The molecule has 2 aromatic rings. The highest BCUT2D eigenvalue weighted by Crippen LogP contribution is 2.44. The number of para-hydroxylation sites is 1. The third-order valence-electron chi connectivity index (χ3n) is 5.57. The lowest BCUT2D eigenvalue weighted by atomic mass is 9.92. The Kier molecular flexibility index (Phi) is 3.49. The molecule has 0 spiro atoms. The summed E-state index contributed by atoms with van der Waals surface area (Å²) in [5.41, 5.74) is 3.44. The van der Waals surface area contributed by atoms with Crippen LogP contribution < -0.4 is 4.90 Å². The summed E-state index contributed by atoms with van der Waals surface area (Å²) in [5.74, 6) is 1.17. The highest BCUT2D eigenvalue weighted by atomic mass is 35.5. The number of hydrogen-bond donors (Lipinski definition) is 0. The zero-order chi connectivity index (χ0) is 17.0. The summed E-state index contributed by atoms with van der Waals surface area (Å²) < 4.78 is 13.4. The van der Waals surface area contributed by atoms with Crippen molar-refractivity contribution in [3.63, 3.8) is 0 Å². The van der Waals surface area contributed by atoms with E-state index in [1.165, 1.54) is 16.8 Å². The summed E-state index contributed by atoms with van der Waals surface area (Å²) in [7, 11) is 0. The molecule has 3 heterocycles. The van der Waals surface area contributed by atoms with Gasteiger partial charge in [-0.05, 0) is 36.2 Å². The molecule has 1 fully saturated rings. The molecule has 5 rings (SSSR count). The number of amidine groups is 1. The molecule has 5 heteroatoms. The fourth-order valence-electron chi connectivity index (χ4n) is 4.49. The van der Waals surface area contributed by atoms with E-state index in [0.717, 1.165) is 31.8 Å². The Labute approximate surface area is 151 Å². The van der Waals surface area contributed by atoms with Crippen molar-refractivity contribution in [2.75, 3.05) is 18.0 Å². The van der Waals surface area contributed by atoms with E-state index >= 15 is 0 Å². The van der Waals surface area contributed by atoms with Crippen LogP contribution in [-0.4, -0.2) is 35.5 Å². The van der Waals surface area contributed by atoms with Gasteiger partial charge in [-0.3, -0.25) is 0 Å². The van der Waals surface area contributed by atoms with E-state index in [4.69, 9.17) is 16.6 Å². The third-order valence-corrected chi connectivity index (χ3v) is 5.89. The van der Waals surface area contributed by atoms with E-state index in [0.29, 0.717) is 5.92 Å². The molecule has 3 aliphatic heterocycles. The largest absolute Gasteiger partial charge is 0.350 e. The average Bonchev–Trinajstić information content (AvgIpc) is 3.08. The molecule has 0 aliphatic carbocycles. The quantitative estimate of drug-likeness (QED) is 0.564. The van der Waals surface area contributed by atoms with Gasteiger partial charge in [0.25, 0.3) is 0 Å². The van der Waals surface area contributed by atoms with Crippen LogP contribution >= 0.6 is 11.6 Å². The summed E-state index contributed by atoms with van der Waals surface area (Å²) in [6.45, 7) is 1.90. The summed E-state index contributed by atoms with van der Waals surface area (Å²) in [6.07, 6.45) is 2.13. The van der Waals surface area contributed by atoms with Crippen molar-refractivity contribution in [3.05, 3.63) is 65.5 Å². The number of aliphatic imine (C=N–C) groups is 1.